The van der Waals surface area contributed by atoms with Crippen molar-refractivity contribution in [3.05, 3.63) is 35.4 Å². The smallest absolute Gasteiger partial charge is 0.0717 e. The molecule has 108 valence electrons. The fourth-order valence-corrected chi connectivity index (χ4v) is 1.56. The van der Waals surface area contributed by atoms with E-state index in [1.54, 1.807) is 0 Å². The molecule has 0 saturated carbocycles. The van der Waals surface area contributed by atoms with Gasteiger partial charge in [-0.3, -0.25) is 0 Å². The molecule has 0 radical (unpaired) electrons. The fraction of sp³-hybridized carbons (Fsp3) is 0.625. The molecule has 0 unspecified atom stereocenters. The highest BCUT2D eigenvalue weighted by atomic mass is 16.5. The molecule has 1 aromatic carbocycles. The quantitative estimate of drug-likeness (QED) is 0.766. The van der Waals surface area contributed by atoms with E-state index in [-0.39, 0.29) is 5.54 Å². The van der Waals surface area contributed by atoms with Gasteiger partial charge in [0.2, 0.25) is 0 Å². The zero-order valence-electron chi connectivity index (χ0n) is 13.0. The van der Waals surface area contributed by atoms with Gasteiger partial charge in [-0.1, -0.05) is 24.3 Å². The summed E-state index contributed by atoms with van der Waals surface area (Å²) in [6.45, 7) is 9.89. The molecule has 3 nitrogen and oxygen atoms in total. The Morgan fingerprint density at radius 1 is 1.05 bits per heavy atom. The summed E-state index contributed by atoms with van der Waals surface area (Å²) in [7, 11) is 4.11. The van der Waals surface area contributed by atoms with Crippen LogP contribution in [0.1, 0.15) is 31.9 Å². The second-order valence-corrected chi connectivity index (χ2v) is 6.28. The molecule has 1 rings (SSSR count). The predicted molar refractivity (Wildman–Crippen MR) is 81.2 cm³/mol. The van der Waals surface area contributed by atoms with Gasteiger partial charge in [0.15, 0.2) is 0 Å². The molecule has 0 aliphatic rings. The number of benzene rings is 1. The zero-order chi connectivity index (χ0) is 14.3. The lowest BCUT2D eigenvalue weighted by Crippen LogP contribution is -2.35. The standard InChI is InChI=1S/C16H28N2O/c1-16(2,3)17-12-14-6-8-15(9-7-14)13-19-11-10-18(4)5/h6-9,17H,10-13H2,1-5H3. The van der Waals surface area contributed by atoms with Gasteiger partial charge in [-0.25, -0.2) is 0 Å². The molecular formula is C16H28N2O. The molecule has 0 saturated heterocycles. The average molecular weight is 264 g/mol. The summed E-state index contributed by atoms with van der Waals surface area (Å²) in [6.07, 6.45) is 0. The van der Waals surface area contributed by atoms with Crippen molar-refractivity contribution < 1.29 is 4.74 Å². The van der Waals surface area contributed by atoms with E-state index in [0.29, 0.717) is 6.61 Å². The number of hydrogen-bond donors (Lipinski definition) is 1. The van der Waals surface area contributed by atoms with Gasteiger partial charge in [0.05, 0.1) is 13.2 Å². The largest absolute Gasteiger partial charge is 0.375 e. The maximum absolute atomic E-state index is 5.63. The predicted octanol–water partition coefficient (Wildman–Crippen LogP) is 2.65. The van der Waals surface area contributed by atoms with Crippen molar-refractivity contribution >= 4 is 0 Å². The molecule has 19 heavy (non-hydrogen) atoms. The van der Waals surface area contributed by atoms with E-state index in [1.807, 2.05) is 0 Å². The van der Waals surface area contributed by atoms with Crippen LogP contribution in [0.2, 0.25) is 0 Å². The minimum atomic E-state index is 0.161. The van der Waals surface area contributed by atoms with Crippen LogP contribution in [0.5, 0.6) is 0 Å². The van der Waals surface area contributed by atoms with E-state index in [0.717, 1.165) is 19.7 Å². The van der Waals surface area contributed by atoms with Gasteiger partial charge >= 0.3 is 0 Å². The molecule has 0 atom stereocenters. The van der Waals surface area contributed by atoms with Crippen LogP contribution in [0.25, 0.3) is 0 Å². The first-order valence-electron chi connectivity index (χ1n) is 6.92. The Hall–Kier alpha value is -0.900. The van der Waals surface area contributed by atoms with Crippen LogP contribution in [0.3, 0.4) is 0 Å². The van der Waals surface area contributed by atoms with Gasteiger partial charge in [-0.15, -0.1) is 0 Å². The molecule has 0 fully saturated rings. The van der Waals surface area contributed by atoms with Gasteiger partial charge in [-0.2, -0.15) is 0 Å². The number of likely N-dealkylation sites (N-methyl/N-ethyl adjacent to an activating group) is 1. The highest BCUT2D eigenvalue weighted by Gasteiger charge is 2.07. The van der Waals surface area contributed by atoms with Gasteiger partial charge in [0.25, 0.3) is 0 Å². The SMILES string of the molecule is CN(C)CCOCc1ccc(CNC(C)(C)C)cc1. The highest BCUT2D eigenvalue weighted by molar-refractivity contribution is 5.22. The first-order valence-corrected chi connectivity index (χ1v) is 6.92. The summed E-state index contributed by atoms with van der Waals surface area (Å²) in [6, 6.07) is 8.64. The lowest BCUT2D eigenvalue weighted by atomic mass is 10.1. The fourth-order valence-electron chi connectivity index (χ4n) is 1.56. The molecule has 0 heterocycles. The molecule has 1 N–H and O–H groups in total. The van der Waals surface area contributed by atoms with Crippen molar-refractivity contribution in [1.29, 1.82) is 0 Å². The number of ether oxygens (including phenoxy) is 1. The number of nitrogens with zero attached hydrogens (tertiary/aromatic N) is 1. The summed E-state index contributed by atoms with van der Waals surface area (Å²) in [5.74, 6) is 0. The maximum atomic E-state index is 5.63. The Kier molecular flexibility index (Phi) is 6.49. The minimum Gasteiger partial charge on any atom is -0.375 e. The summed E-state index contributed by atoms with van der Waals surface area (Å²) in [5.41, 5.74) is 2.71. The Bertz CT molecular complexity index is 352. The monoisotopic (exact) mass is 264 g/mol. The summed E-state index contributed by atoms with van der Waals surface area (Å²) in [4.78, 5) is 2.13. The van der Waals surface area contributed by atoms with Crippen molar-refractivity contribution in [1.82, 2.24) is 10.2 Å². The number of hydrogen-bond acceptors (Lipinski definition) is 3. The molecule has 0 aliphatic heterocycles. The van der Waals surface area contributed by atoms with Crippen molar-refractivity contribution in [3.63, 3.8) is 0 Å². The van der Waals surface area contributed by atoms with Crippen LogP contribution in [-0.2, 0) is 17.9 Å². The molecule has 0 spiro atoms. The van der Waals surface area contributed by atoms with E-state index in [9.17, 15) is 0 Å². The van der Waals surface area contributed by atoms with Crippen LogP contribution in [0.4, 0.5) is 0 Å². The van der Waals surface area contributed by atoms with E-state index < -0.39 is 0 Å². The summed E-state index contributed by atoms with van der Waals surface area (Å²) < 4.78 is 5.63. The van der Waals surface area contributed by atoms with Gasteiger partial charge in [0, 0.05) is 18.6 Å². The topological polar surface area (TPSA) is 24.5 Å². The lowest BCUT2D eigenvalue weighted by molar-refractivity contribution is 0.105. The highest BCUT2D eigenvalue weighted by Crippen LogP contribution is 2.08. The average Bonchev–Trinajstić information content (AvgIpc) is 2.32. The first kappa shape index (κ1) is 16.2. The normalized spacial score (nSPS) is 12.1. The van der Waals surface area contributed by atoms with Crippen molar-refractivity contribution in [3.8, 4) is 0 Å². The third-order valence-corrected chi connectivity index (χ3v) is 2.80. The van der Waals surface area contributed by atoms with Crippen LogP contribution in [0.15, 0.2) is 24.3 Å². The van der Waals surface area contributed by atoms with Crippen LogP contribution >= 0.6 is 0 Å². The van der Waals surface area contributed by atoms with Crippen molar-refractivity contribution in [2.24, 2.45) is 0 Å². The lowest BCUT2D eigenvalue weighted by Gasteiger charge is -2.20. The van der Waals surface area contributed by atoms with Crippen molar-refractivity contribution in [2.75, 3.05) is 27.2 Å². The van der Waals surface area contributed by atoms with E-state index in [4.69, 9.17) is 4.74 Å². The summed E-state index contributed by atoms with van der Waals surface area (Å²) >= 11 is 0. The maximum Gasteiger partial charge on any atom is 0.0717 e. The molecular weight excluding hydrogens is 236 g/mol. The summed E-state index contributed by atoms with van der Waals surface area (Å²) in [5, 5.41) is 3.49. The Morgan fingerprint density at radius 3 is 2.16 bits per heavy atom. The third kappa shape index (κ3) is 7.98. The van der Waals surface area contributed by atoms with E-state index >= 15 is 0 Å². The number of rotatable bonds is 7. The molecule has 0 bridgehead atoms. The van der Waals surface area contributed by atoms with Gasteiger partial charge in [0.1, 0.15) is 0 Å². The number of nitrogens with one attached hydrogen (secondary N) is 1. The van der Waals surface area contributed by atoms with Crippen LogP contribution in [0, 0.1) is 0 Å². The Labute approximate surface area is 118 Å². The molecule has 0 amide bonds. The molecule has 3 heteroatoms. The minimum absolute atomic E-state index is 0.161. The molecule has 0 aliphatic carbocycles. The van der Waals surface area contributed by atoms with Crippen LogP contribution in [-0.4, -0.2) is 37.7 Å². The zero-order valence-corrected chi connectivity index (χ0v) is 13.0. The Morgan fingerprint density at radius 2 is 1.63 bits per heavy atom. The third-order valence-electron chi connectivity index (χ3n) is 2.80. The van der Waals surface area contributed by atoms with Gasteiger partial charge < -0.3 is 15.0 Å². The first-order chi connectivity index (χ1) is 8.87. The second kappa shape index (κ2) is 7.63. The van der Waals surface area contributed by atoms with Crippen molar-refractivity contribution in [2.45, 2.75) is 39.5 Å². The van der Waals surface area contributed by atoms with Crippen LogP contribution < -0.4 is 5.32 Å². The van der Waals surface area contributed by atoms with E-state index in [1.165, 1.54) is 11.1 Å². The molecule has 1 aromatic rings. The van der Waals surface area contributed by atoms with Gasteiger partial charge in [-0.05, 0) is 46.0 Å². The second-order valence-electron chi connectivity index (χ2n) is 6.28. The Balaban J connectivity index is 2.31. The van der Waals surface area contributed by atoms with E-state index in [2.05, 4.69) is 69.3 Å². The molecule has 0 aromatic heterocycles.